The minimum atomic E-state index is -0.393. The van der Waals surface area contributed by atoms with Gasteiger partial charge in [0.2, 0.25) is 6.79 Å². The smallest absolute Gasteiger partial charge is 0.271 e. The molecule has 1 aliphatic rings. The number of phenolic OH excluding ortho intramolecular Hbond substituents is 1. The largest absolute Gasteiger partial charge is 0.508 e. The van der Waals surface area contributed by atoms with Gasteiger partial charge in [0.05, 0.1) is 5.71 Å². The van der Waals surface area contributed by atoms with Crippen LogP contribution in [-0.4, -0.2) is 23.5 Å². The van der Waals surface area contributed by atoms with Crippen molar-refractivity contribution < 1.29 is 19.4 Å². The zero-order valence-electron chi connectivity index (χ0n) is 11.9. The number of rotatable bonds is 3. The first-order valence-electron chi connectivity index (χ1n) is 6.67. The highest BCUT2D eigenvalue weighted by molar-refractivity contribution is 6.01. The molecule has 1 aliphatic heterocycles. The van der Waals surface area contributed by atoms with Crippen molar-refractivity contribution in [1.29, 1.82) is 0 Å². The number of benzene rings is 2. The lowest BCUT2D eigenvalue weighted by molar-refractivity contribution is 0.0954. The van der Waals surface area contributed by atoms with E-state index in [1.165, 1.54) is 12.1 Å². The summed E-state index contributed by atoms with van der Waals surface area (Å²) in [4.78, 5) is 11.9. The summed E-state index contributed by atoms with van der Waals surface area (Å²) in [6, 6.07) is 11.5. The van der Waals surface area contributed by atoms with E-state index < -0.39 is 5.91 Å². The van der Waals surface area contributed by atoms with Crippen molar-refractivity contribution in [3.63, 3.8) is 0 Å². The van der Waals surface area contributed by atoms with E-state index in [-0.39, 0.29) is 12.5 Å². The second-order valence-corrected chi connectivity index (χ2v) is 4.76. The minimum Gasteiger partial charge on any atom is -0.508 e. The maximum atomic E-state index is 11.9. The zero-order valence-corrected chi connectivity index (χ0v) is 11.9. The first kappa shape index (κ1) is 13.9. The highest BCUT2D eigenvalue weighted by Crippen LogP contribution is 2.32. The summed E-state index contributed by atoms with van der Waals surface area (Å²) >= 11 is 0. The molecule has 1 amide bonds. The number of amides is 1. The second kappa shape index (κ2) is 5.77. The number of carbonyl (C=O) groups excluding carboxylic acids is 1. The molecule has 6 nitrogen and oxygen atoms in total. The SMILES string of the molecule is C/C(=N\NC(=O)c1cccc(O)c1)c1ccc2c(c1)OCO2. The summed E-state index contributed by atoms with van der Waals surface area (Å²) in [5, 5.41) is 13.4. The summed E-state index contributed by atoms with van der Waals surface area (Å²) < 4.78 is 10.5. The molecule has 0 spiro atoms. The molecule has 0 bridgehead atoms. The lowest BCUT2D eigenvalue weighted by atomic mass is 10.1. The third kappa shape index (κ3) is 2.85. The van der Waals surface area contributed by atoms with Crippen molar-refractivity contribution in [3.8, 4) is 17.2 Å². The summed E-state index contributed by atoms with van der Waals surface area (Å²) in [5.74, 6) is 0.992. The van der Waals surface area contributed by atoms with Crippen LogP contribution in [0.4, 0.5) is 0 Å². The summed E-state index contributed by atoms with van der Waals surface area (Å²) in [6.07, 6.45) is 0. The summed E-state index contributed by atoms with van der Waals surface area (Å²) in [6.45, 7) is 1.99. The van der Waals surface area contributed by atoms with Crippen molar-refractivity contribution >= 4 is 11.6 Å². The fourth-order valence-electron chi connectivity index (χ4n) is 2.03. The zero-order chi connectivity index (χ0) is 15.5. The standard InChI is InChI=1S/C16H14N2O4/c1-10(11-5-6-14-15(8-11)22-9-21-14)17-18-16(20)12-3-2-4-13(19)7-12/h2-8,19H,9H2,1H3,(H,18,20)/b17-10+. The Morgan fingerprint density at radius 2 is 1.95 bits per heavy atom. The van der Waals surface area contributed by atoms with E-state index in [9.17, 15) is 9.90 Å². The molecule has 22 heavy (non-hydrogen) atoms. The molecule has 112 valence electrons. The van der Waals surface area contributed by atoms with Crippen LogP contribution in [0.15, 0.2) is 47.6 Å². The average Bonchev–Trinajstić information content (AvgIpc) is 2.99. The molecular formula is C16H14N2O4. The molecule has 3 rings (SSSR count). The molecule has 0 fully saturated rings. The molecule has 0 saturated carbocycles. The third-order valence-electron chi connectivity index (χ3n) is 3.22. The van der Waals surface area contributed by atoms with Gasteiger partial charge in [0, 0.05) is 11.1 Å². The monoisotopic (exact) mass is 298 g/mol. The predicted octanol–water partition coefficient (Wildman–Crippen LogP) is 2.27. The van der Waals surface area contributed by atoms with Crippen molar-refractivity contribution in [2.75, 3.05) is 6.79 Å². The molecular weight excluding hydrogens is 284 g/mol. The topological polar surface area (TPSA) is 80.2 Å². The van der Waals surface area contributed by atoms with Crippen LogP contribution in [0.2, 0.25) is 0 Å². The number of fused-ring (bicyclic) bond motifs is 1. The van der Waals surface area contributed by atoms with Crippen LogP contribution >= 0.6 is 0 Å². The number of hydrazone groups is 1. The third-order valence-corrected chi connectivity index (χ3v) is 3.22. The van der Waals surface area contributed by atoms with E-state index in [0.717, 1.165) is 5.56 Å². The molecule has 0 aliphatic carbocycles. The van der Waals surface area contributed by atoms with Crippen LogP contribution in [0.1, 0.15) is 22.8 Å². The Morgan fingerprint density at radius 3 is 2.77 bits per heavy atom. The highest BCUT2D eigenvalue weighted by atomic mass is 16.7. The average molecular weight is 298 g/mol. The maximum Gasteiger partial charge on any atom is 0.271 e. The molecule has 0 atom stereocenters. The predicted molar refractivity (Wildman–Crippen MR) is 80.3 cm³/mol. The van der Waals surface area contributed by atoms with Crippen LogP contribution in [0.3, 0.4) is 0 Å². The fraction of sp³-hybridized carbons (Fsp3) is 0.125. The van der Waals surface area contributed by atoms with Crippen LogP contribution in [0.5, 0.6) is 17.2 Å². The van der Waals surface area contributed by atoms with Crippen LogP contribution in [0, 0.1) is 0 Å². The first-order valence-corrected chi connectivity index (χ1v) is 6.67. The van der Waals surface area contributed by atoms with Crippen LogP contribution in [-0.2, 0) is 0 Å². The van der Waals surface area contributed by atoms with Crippen LogP contribution in [0.25, 0.3) is 0 Å². The Kier molecular flexibility index (Phi) is 3.65. The van der Waals surface area contributed by atoms with E-state index in [4.69, 9.17) is 9.47 Å². The van der Waals surface area contributed by atoms with Gasteiger partial charge in [0.15, 0.2) is 11.5 Å². The van der Waals surface area contributed by atoms with Gasteiger partial charge in [-0.25, -0.2) is 5.43 Å². The Labute approximate surface area is 127 Å². The Hall–Kier alpha value is -3.02. The lowest BCUT2D eigenvalue weighted by Crippen LogP contribution is -2.19. The van der Waals surface area contributed by atoms with Crippen LogP contribution < -0.4 is 14.9 Å². The Balaban J connectivity index is 1.73. The van der Waals surface area contributed by atoms with E-state index in [1.54, 1.807) is 25.1 Å². The molecule has 2 N–H and O–H groups in total. The fourth-order valence-corrected chi connectivity index (χ4v) is 2.03. The molecule has 0 aromatic heterocycles. The molecule has 0 radical (unpaired) electrons. The molecule has 0 saturated heterocycles. The first-order chi connectivity index (χ1) is 10.6. The summed E-state index contributed by atoms with van der Waals surface area (Å²) in [5.41, 5.74) is 4.24. The number of aromatic hydroxyl groups is 1. The van der Waals surface area contributed by atoms with Gasteiger partial charge >= 0.3 is 0 Å². The van der Waals surface area contributed by atoms with E-state index in [1.807, 2.05) is 12.1 Å². The van der Waals surface area contributed by atoms with Gasteiger partial charge in [-0.2, -0.15) is 5.10 Å². The number of carbonyl (C=O) groups is 1. The minimum absolute atomic E-state index is 0.0316. The van der Waals surface area contributed by atoms with Gasteiger partial charge < -0.3 is 14.6 Å². The van der Waals surface area contributed by atoms with E-state index in [2.05, 4.69) is 10.5 Å². The number of nitrogens with one attached hydrogen (secondary N) is 1. The quantitative estimate of drug-likeness (QED) is 0.673. The Morgan fingerprint density at radius 1 is 1.14 bits per heavy atom. The second-order valence-electron chi connectivity index (χ2n) is 4.76. The van der Waals surface area contributed by atoms with Gasteiger partial charge in [0.1, 0.15) is 5.75 Å². The van der Waals surface area contributed by atoms with Gasteiger partial charge in [-0.3, -0.25) is 4.79 Å². The Bertz CT molecular complexity index is 756. The lowest BCUT2D eigenvalue weighted by Gasteiger charge is -2.04. The normalized spacial score (nSPS) is 13.0. The van der Waals surface area contributed by atoms with Gasteiger partial charge in [-0.05, 0) is 43.3 Å². The van der Waals surface area contributed by atoms with Crippen molar-refractivity contribution in [1.82, 2.24) is 5.43 Å². The molecule has 2 aromatic rings. The van der Waals surface area contributed by atoms with Crippen molar-refractivity contribution in [3.05, 3.63) is 53.6 Å². The van der Waals surface area contributed by atoms with E-state index in [0.29, 0.717) is 22.8 Å². The van der Waals surface area contributed by atoms with Crippen molar-refractivity contribution in [2.24, 2.45) is 5.10 Å². The summed E-state index contributed by atoms with van der Waals surface area (Å²) in [7, 11) is 0. The molecule has 2 aromatic carbocycles. The number of hydrogen-bond acceptors (Lipinski definition) is 5. The van der Waals surface area contributed by atoms with E-state index >= 15 is 0 Å². The number of phenols is 1. The van der Waals surface area contributed by atoms with Gasteiger partial charge in [-0.1, -0.05) is 6.07 Å². The molecule has 6 heteroatoms. The molecule has 0 unspecified atom stereocenters. The van der Waals surface area contributed by atoms with Crippen molar-refractivity contribution in [2.45, 2.75) is 6.92 Å². The van der Waals surface area contributed by atoms with Gasteiger partial charge in [-0.15, -0.1) is 0 Å². The van der Waals surface area contributed by atoms with Gasteiger partial charge in [0.25, 0.3) is 5.91 Å². The maximum absolute atomic E-state index is 11.9. The molecule has 1 heterocycles. The number of ether oxygens (including phenoxy) is 2. The number of hydrogen-bond donors (Lipinski definition) is 2. The highest BCUT2D eigenvalue weighted by Gasteiger charge is 2.14. The number of nitrogens with zero attached hydrogens (tertiary/aromatic N) is 1.